The van der Waals surface area contributed by atoms with Crippen molar-refractivity contribution in [2.24, 2.45) is 0 Å². The van der Waals surface area contributed by atoms with Gasteiger partial charge < -0.3 is 14.6 Å². The Morgan fingerprint density at radius 3 is 2.59 bits per heavy atom. The molecule has 1 aliphatic heterocycles. The molecule has 1 heterocycles. The van der Waals surface area contributed by atoms with Crippen LogP contribution in [0.4, 0.5) is 0 Å². The molecule has 1 saturated heterocycles. The highest BCUT2D eigenvalue weighted by atomic mass is 32.2. The second kappa shape index (κ2) is 9.11. The van der Waals surface area contributed by atoms with E-state index in [9.17, 15) is 14.7 Å². The van der Waals surface area contributed by atoms with Crippen LogP contribution in [0.15, 0.2) is 53.4 Å². The van der Waals surface area contributed by atoms with Gasteiger partial charge in [0, 0.05) is 0 Å². The van der Waals surface area contributed by atoms with Gasteiger partial charge in [0.2, 0.25) is 0 Å². The van der Waals surface area contributed by atoms with Gasteiger partial charge in [-0.3, -0.25) is 9.69 Å². The summed E-state index contributed by atoms with van der Waals surface area (Å²) in [6.45, 7) is 2.38. The normalized spacial score (nSPS) is 16.2. The zero-order chi connectivity index (χ0) is 21.0. The summed E-state index contributed by atoms with van der Waals surface area (Å²) in [4.78, 5) is 26.4. The van der Waals surface area contributed by atoms with Crippen molar-refractivity contribution >= 4 is 46.3 Å². The van der Waals surface area contributed by atoms with E-state index in [-0.39, 0.29) is 4.32 Å². The van der Waals surface area contributed by atoms with Gasteiger partial charge >= 0.3 is 5.97 Å². The van der Waals surface area contributed by atoms with Crippen molar-refractivity contribution < 1.29 is 24.2 Å². The van der Waals surface area contributed by atoms with Crippen LogP contribution in [0.25, 0.3) is 6.08 Å². The van der Waals surface area contributed by atoms with Crippen molar-refractivity contribution in [1.29, 1.82) is 0 Å². The van der Waals surface area contributed by atoms with Crippen LogP contribution in [0.2, 0.25) is 0 Å². The fraction of sp³-hybridized carbons (Fsp3) is 0.190. The molecule has 1 N–H and O–H groups in total. The number of methoxy groups -OCH3 is 1. The molecule has 2 aromatic carbocycles. The maximum atomic E-state index is 13.0. The van der Waals surface area contributed by atoms with Crippen LogP contribution in [0.1, 0.15) is 24.1 Å². The van der Waals surface area contributed by atoms with Gasteiger partial charge in [-0.25, -0.2) is 4.79 Å². The molecule has 0 aliphatic carbocycles. The molecule has 0 bridgehead atoms. The average Bonchev–Trinajstić information content (AvgIpc) is 2.98. The number of carbonyl (C=O) groups excluding carboxylic acids is 1. The molecule has 150 valence electrons. The molecule has 0 radical (unpaired) electrons. The summed E-state index contributed by atoms with van der Waals surface area (Å²) >= 11 is 6.41. The van der Waals surface area contributed by atoms with Crippen molar-refractivity contribution in [3.63, 3.8) is 0 Å². The van der Waals surface area contributed by atoms with Crippen LogP contribution in [0, 0.1) is 0 Å². The number of carbonyl (C=O) groups is 2. The number of carboxylic acids is 1. The van der Waals surface area contributed by atoms with Crippen molar-refractivity contribution in [3.8, 4) is 11.5 Å². The Hall–Kier alpha value is -2.84. The van der Waals surface area contributed by atoms with E-state index >= 15 is 0 Å². The van der Waals surface area contributed by atoms with E-state index in [0.717, 1.165) is 22.2 Å². The van der Waals surface area contributed by atoms with Gasteiger partial charge in [-0.05, 0) is 36.3 Å². The van der Waals surface area contributed by atoms with E-state index in [1.165, 1.54) is 0 Å². The van der Waals surface area contributed by atoms with E-state index < -0.39 is 17.9 Å². The first-order chi connectivity index (χ1) is 14.0. The Morgan fingerprint density at radius 2 is 1.97 bits per heavy atom. The van der Waals surface area contributed by atoms with Crippen molar-refractivity contribution in [3.05, 3.63) is 64.6 Å². The number of nitrogens with zero attached hydrogens (tertiary/aromatic N) is 1. The lowest BCUT2D eigenvalue weighted by molar-refractivity contribution is -0.145. The molecular formula is C21H19NO5S2. The van der Waals surface area contributed by atoms with Crippen LogP contribution < -0.4 is 9.47 Å². The molecule has 0 aromatic heterocycles. The number of rotatable bonds is 7. The van der Waals surface area contributed by atoms with Crippen LogP contribution in [0.3, 0.4) is 0 Å². The van der Waals surface area contributed by atoms with E-state index in [1.54, 1.807) is 61.7 Å². The largest absolute Gasteiger partial charge is 0.493 e. The third-order valence-electron chi connectivity index (χ3n) is 4.22. The molecule has 8 heteroatoms. The molecule has 1 atom stereocenters. The fourth-order valence-electron chi connectivity index (χ4n) is 2.94. The Labute approximate surface area is 178 Å². The highest BCUT2D eigenvalue weighted by Gasteiger charge is 2.41. The van der Waals surface area contributed by atoms with E-state index in [4.69, 9.17) is 21.7 Å². The van der Waals surface area contributed by atoms with Crippen LogP contribution >= 0.6 is 24.0 Å². The standard InChI is InChI=1S/C21H19NO5S2/c1-3-27-15-10-9-13(11-16(15)26-2)12-17-19(23)22(21(28)29-17)18(20(24)25)14-7-5-4-6-8-14/h4-12,18H,3H2,1-2H3,(H,24,25)/b17-12+/t18-/m1/s1. The molecule has 1 fully saturated rings. The maximum absolute atomic E-state index is 13.0. The van der Waals surface area contributed by atoms with Crippen LogP contribution in [0.5, 0.6) is 11.5 Å². The monoisotopic (exact) mass is 429 g/mol. The number of benzene rings is 2. The predicted molar refractivity (Wildman–Crippen MR) is 116 cm³/mol. The number of hydrogen-bond acceptors (Lipinski definition) is 6. The summed E-state index contributed by atoms with van der Waals surface area (Å²) in [5.41, 5.74) is 1.21. The molecule has 3 rings (SSSR count). The Kier molecular flexibility index (Phi) is 6.56. The first-order valence-corrected chi connectivity index (χ1v) is 10.0. The zero-order valence-corrected chi connectivity index (χ0v) is 17.5. The lowest BCUT2D eigenvalue weighted by Gasteiger charge is -2.23. The predicted octanol–water partition coefficient (Wildman–Crippen LogP) is 4.12. The highest BCUT2D eigenvalue weighted by Crippen LogP contribution is 2.39. The zero-order valence-electron chi connectivity index (χ0n) is 15.8. The summed E-state index contributed by atoms with van der Waals surface area (Å²) < 4.78 is 11.0. The minimum absolute atomic E-state index is 0.204. The summed E-state index contributed by atoms with van der Waals surface area (Å²) in [5, 5.41) is 9.74. The third-order valence-corrected chi connectivity index (χ3v) is 5.55. The van der Waals surface area contributed by atoms with Crippen molar-refractivity contribution in [2.45, 2.75) is 13.0 Å². The quantitative estimate of drug-likeness (QED) is 0.524. The molecular weight excluding hydrogens is 410 g/mol. The summed E-state index contributed by atoms with van der Waals surface area (Å²) in [6.07, 6.45) is 1.67. The minimum atomic E-state index is -1.18. The molecule has 0 saturated carbocycles. The Bertz CT molecular complexity index is 974. The second-order valence-electron chi connectivity index (χ2n) is 6.05. The average molecular weight is 430 g/mol. The first-order valence-electron chi connectivity index (χ1n) is 8.82. The molecule has 6 nitrogen and oxygen atoms in total. The Balaban J connectivity index is 1.93. The number of hydrogen-bond donors (Lipinski definition) is 1. The second-order valence-corrected chi connectivity index (χ2v) is 7.72. The lowest BCUT2D eigenvalue weighted by atomic mass is 10.1. The molecule has 0 unspecified atom stereocenters. The van der Waals surface area contributed by atoms with Gasteiger partial charge in [-0.2, -0.15) is 0 Å². The number of carboxylic acid groups (broad SMARTS) is 1. The number of thiocarbonyl (C=S) groups is 1. The van der Waals surface area contributed by atoms with Crippen molar-refractivity contribution in [1.82, 2.24) is 4.90 Å². The number of aliphatic carboxylic acids is 1. The molecule has 1 aliphatic rings. The van der Waals surface area contributed by atoms with E-state index in [2.05, 4.69) is 0 Å². The minimum Gasteiger partial charge on any atom is -0.493 e. The Morgan fingerprint density at radius 1 is 1.24 bits per heavy atom. The van der Waals surface area contributed by atoms with Crippen LogP contribution in [-0.2, 0) is 9.59 Å². The molecule has 29 heavy (non-hydrogen) atoms. The molecule has 2 aromatic rings. The number of ether oxygens (including phenoxy) is 2. The lowest BCUT2D eigenvalue weighted by Crippen LogP contribution is -2.37. The maximum Gasteiger partial charge on any atom is 0.331 e. The van der Waals surface area contributed by atoms with Crippen LogP contribution in [-0.4, -0.2) is 39.9 Å². The van der Waals surface area contributed by atoms with Gasteiger partial charge in [-0.1, -0.05) is 60.4 Å². The van der Waals surface area contributed by atoms with E-state index in [0.29, 0.717) is 28.6 Å². The van der Waals surface area contributed by atoms with Gasteiger partial charge in [0.05, 0.1) is 18.6 Å². The highest BCUT2D eigenvalue weighted by molar-refractivity contribution is 8.26. The summed E-state index contributed by atoms with van der Waals surface area (Å²) in [6, 6.07) is 12.7. The third kappa shape index (κ3) is 4.44. The summed E-state index contributed by atoms with van der Waals surface area (Å²) in [7, 11) is 1.54. The van der Waals surface area contributed by atoms with Gasteiger partial charge in [0.15, 0.2) is 17.5 Å². The fourth-order valence-corrected chi connectivity index (χ4v) is 4.25. The molecule has 1 amide bonds. The van der Waals surface area contributed by atoms with Gasteiger partial charge in [0.1, 0.15) is 4.32 Å². The van der Waals surface area contributed by atoms with Gasteiger partial charge in [-0.15, -0.1) is 0 Å². The molecule has 0 spiro atoms. The number of thioether (sulfide) groups is 1. The first kappa shape index (κ1) is 20.9. The van der Waals surface area contributed by atoms with Gasteiger partial charge in [0.25, 0.3) is 5.91 Å². The topological polar surface area (TPSA) is 76.1 Å². The smallest absolute Gasteiger partial charge is 0.331 e. The van der Waals surface area contributed by atoms with Crippen molar-refractivity contribution in [2.75, 3.05) is 13.7 Å². The summed E-state index contributed by atoms with van der Waals surface area (Å²) in [5.74, 6) is -0.431. The number of amides is 1. The SMILES string of the molecule is CCOc1ccc(/C=C2/SC(=S)N([C@@H](C(=O)O)c3ccccc3)C2=O)cc1OC. The van der Waals surface area contributed by atoms with E-state index in [1.807, 2.05) is 6.92 Å².